The summed E-state index contributed by atoms with van der Waals surface area (Å²) >= 11 is 0. The minimum absolute atomic E-state index is 0.0101. The van der Waals surface area contributed by atoms with Crippen LogP contribution in [0.5, 0.6) is 5.75 Å². The number of methoxy groups -OCH3 is 1. The Bertz CT molecular complexity index is 578. The van der Waals surface area contributed by atoms with Crippen molar-refractivity contribution in [3.8, 4) is 5.75 Å². The van der Waals surface area contributed by atoms with Gasteiger partial charge < -0.3 is 24.6 Å². The molecule has 3 N–H and O–H groups in total. The molecule has 0 saturated heterocycles. The number of aliphatic hydroxyl groups is 3. The fourth-order valence-electron chi connectivity index (χ4n) is 1.55. The van der Waals surface area contributed by atoms with E-state index >= 15 is 0 Å². The predicted octanol–water partition coefficient (Wildman–Crippen LogP) is 0.318. The first-order valence-electron chi connectivity index (χ1n) is 6.57. The average molecular weight is 308 g/mol. The molecule has 7 nitrogen and oxygen atoms in total. The Labute approximate surface area is 128 Å². The number of ether oxygens (including phenoxy) is 1. The predicted molar refractivity (Wildman–Crippen MR) is 79.2 cm³/mol. The summed E-state index contributed by atoms with van der Waals surface area (Å²) in [6, 6.07) is 7.84. The van der Waals surface area contributed by atoms with Crippen LogP contribution in [0.3, 0.4) is 0 Å². The molecule has 0 fully saturated rings. The number of carbonyl (C=O) groups excluding carboxylic acids is 1. The summed E-state index contributed by atoms with van der Waals surface area (Å²) in [5, 5.41) is 24.8. The van der Waals surface area contributed by atoms with Gasteiger partial charge >= 0.3 is 0 Å². The molecular formula is C15H20N2O5. The molecular weight excluding hydrogens is 288 g/mol. The fraction of sp³-hybridized carbons (Fsp3) is 0.333. The maximum atomic E-state index is 9.64. The molecule has 1 aromatic heterocycles. The van der Waals surface area contributed by atoms with E-state index in [0.29, 0.717) is 6.54 Å². The smallest absolute Gasteiger partial charge is 0.212 e. The number of aromatic nitrogens is 2. The maximum Gasteiger partial charge on any atom is 0.212 e. The molecule has 0 aliphatic carbocycles. The van der Waals surface area contributed by atoms with Crippen LogP contribution in [0.1, 0.15) is 18.2 Å². The molecule has 7 heteroatoms. The molecule has 0 aliphatic heterocycles. The fourth-order valence-corrected chi connectivity index (χ4v) is 1.55. The van der Waals surface area contributed by atoms with Gasteiger partial charge in [0.1, 0.15) is 5.75 Å². The Morgan fingerprint density at radius 1 is 1.32 bits per heavy atom. The molecule has 120 valence electrons. The number of ketones is 1. The molecule has 0 spiro atoms. The first kappa shape index (κ1) is 17.8. The van der Waals surface area contributed by atoms with Crippen LogP contribution in [0.4, 0.5) is 0 Å². The summed E-state index contributed by atoms with van der Waals surface area (Å²) in [4.78, 5) is 13.6. The minimum Gasteiger partial charge on any atom is -0.497 e. The van der Waals surface area contributed by atoms with Crippen molar-refractivity contribution in [1.82, 2.24) is 9.55 Å². The van der Waals surface area contributed by atoms with E-state index in [9.17, 15) is 4.79 Å². The lowest BCUT2D eigenvalue weighted by molar-refractivity contribution is -0.142. The van der Waals surface area contributed by atoms with Gasteiger partial charge in [-0.1, -0.05) is 12.1 Å². The highest BCUT2D eigenvalue weighted by molar-refractivity contribution is 5.78. The zero-order valence-electron chi connectivity index (χ0n) is 12.5. The van der Waals surface area contributed by atoms with E-state index in [2.05, 4.69) is 4.98 Å². The van der Waals surface area contributed by atoms with Crippen LogP contribution in [-0.4, -0.2) is 44.1 Å². The van der Waals surface area contributed by atoms with E-state index in [-0.39, 0.29) is 6.61 Å². The van der Waals surface area contributed by atoms with Gasteiger partial charge in [0.15, 0.2) is 5.78 Å². The van der Waals surface area contributed by atoms with Crippen LogP contribution in [0.15, 0.2) is 36.8 Å². The first-order valence-corrected chi connectivity index (χ1v) is 6.57. The largest absolute Gasteiger partial charge is 0.497 e. The zero-order valence-corrected chi connectivity index (χ0v) is 12.5. The number of benzene rings is 1. The Balaban J connectivity index is 0.000000346. The van der Waals surface area contributed by atoms with Crippen molar-refractivity contribution in [2.75, 3.05) is 7.11 Å². The maximum absolute atomic E-state index is 9.64. The van der Waals surface area contributed by atoms with Crippen LogP contribution in [0.2, 0.25) is 0 Å². The van der Waals surface area contributed by atoms with E-state index < -0.39 is 12.1 Å². The number of Topliss-reactive ketones (excluding diaryl/α,β-unsaturated/α-hetero) is 1. The van der Waals surface area contributed by atoms with Crippen molar-refractivity contribution in [2.24, 2.45) is 0 Å². The summed E-state index contributed by atoms with van der Waals surface area (Å²) in [6.07, 6.45) is 1.60. The molecule has 0 saturated carbocycles. The van der Waals surface area contributed by atoms with Crippen LogP contribution in [0.25, 0.3) is 0 Å². The Morgan fingerprint density at radius 2 is 1.91 bits per heavy atom. The molecule has 0 aliphatic rings. The average Bonchev–Trinajstić information content (AvgIpc) is 2.95. The second-order valence-corrected chi connectivity index (χ2v) is 4.50. The van der Waals surface area contributed by atoms with Crippen molar-refractivity contribution in [2.45, 2.75) is 26.4 Å². The lowest BCUT2D eigenvalue weighted by Gasteiger charge is -2.07. The number of nitrogens with zero attached hydrogens (tertiary/aromatic N) is 2. The number of aliphatic hydroxyl groups excluding tert-OH is 2. The van der Waals surface area contributed by atoms with E-state index in [1.54, 1.807) is 19.6 Å². The van der Waals surface area contributed by atoms with Crippen molar-refractivity contribution in [3.05, 3.63) is 48.0 Å². The van der Waals surface area contributed by atoms with Gasteiger partial charge in [0.2, 0.25) is 6.29 Å². The number of hydrogen-bond acceptors (Lipinski definition) is 6. The van der Waals surface area contributed by atoms with Gasteiger partial charge in [-0.15, -0.1) is 0 Å². The van der Waals surface area contributed by atoms with Crippen molar-refractivity contribution in [3.63, 3.8) is 0 Å². The lowest BCUT2D eigenvalue weighted by Crippen LogP contribution is -2.14. The Morgan fingerprint density at radius 3 is 2.36 bits per heavy atom. The SMILES string of the molecule is CC(=O)C(O)O.COc1ccc(Cn2cncc2CO)cc1. The molecule has 0 atom stereocenters. The summed E-state index contributed by atoms with van der Waals surface area (Å²) in [5.41, 5.74) is 1.96. The molecule has 1 aromatic carbocycles. The first-order chi connectivity index (χ1) is 10.5. The highest BCUT2D eigenvalue weighted by atomic mass is 16.5. The van der Waals surface area contributed by atoms with E-state index in [1.165, 1.54) is 0 Å². The normalized spacial score (nSPS) is 10.1. The van der Waals surface area contributed by atoms with Crippen LogP contribution in [-0.2, 0) is 17.9 Å². The van der Waals surface area contributed by atoms with E-state index in [4.69, 9.17) is 20.1 Å². The molecule has 0 unspecified atom stereocenters. The number of carbonyl (C=O) groups is 1. The highest BCUT2D eigenvalue weighted by Crippen LogP contribution is 2.13. The minimum atomic E-state index is -1.79. The van der Waals surface area contributed by atoms with Crippen LogP contribution >= 0.6 is 0 Å². The Hall–Kier alpha value is -2.22. The number of rotatable bonds is 5. The third kappa shape index (κ3) is 5.65. The quantitative estimate of drug-likeness (QED) is 0.687. The van der Waals surface area contributed by atoms with Gasteiger partial charge in [-0.05, 0) is 24.6 Å². The van der Waals surface area contributed by atoms with Crippen LogP contribution in [0, 0.1) is 0 Å². The monoisotopic (exact) mass is 308 g/mol. The second kappa shape index (κ2) is 8.93. The summed E-state index contributed by atoms with van der Waals surface area (Å²) < 4.78 is 7.01. The molecule has 1 heterocycles. The standard InChI is InChI=1S/C12H14N2O2.C3H6O3/c1-16-12-4-2-10(3-5-12)7-14-9-13-6-11(14)8-15;1-2(4)3(5)6/h2-6,9,15H,7-8H2,1H3;3,5-6H,1H3. The molecule has 0 amide bonds. The number of hydrogen-bond donors (Lipinski definition) is 3. The molecule has 0 bridgehead atoms. The van der Waals surface area contributed by atoms with Gasteiger partial charge in [0, 0.05) is 6.54 Å². The zero-order chi connectivity index (χ0) is 16.5. The molecule has 22 heavy (non-hydrogen) atoms. The topological polar surface area (TPSA) is 105 Å². The lowest BCUT2D eigenvalue weighted by atomic mass is 10.2. The second-order valence-electron chi connectivity index (χ2n) is 4.50. The summed E-state index contributed by atoms with van der Waals surface area (Å²) in [5.74, 6) is 0.215. The summed E-state index contributed by atoms with van der Waals surface area (Å²) in [6.45, 7) is 1.82. The van der Waals surface area contributed by atoms with Gasteiger partial charge in [0.25, 0.3) is 0 Å². The van der Waals surface area contributed by atoms with E-state index in [0.717, 1.165) is 23.9 Å². The van der Waals surface area contributed by atoms with Gasteiger partial charge in [-0.2, -0.15) is 0 Å². The van der Waals surface area contributed by atoms with Crippen molar-refractivity contribution < 1.29 is 24.9 Å². The van der Waals surface area contributed by atoms with Gasteiger partial charge in [-0.3, -0.25) is 4.79 Å². The van der Waals surface area contributed by atoms with Crippen LogP contribution < -0.4 is 4.74 Å². The van der Waals surface area contributed by atoms with E-state index in [1.807, 2.05) is 28.8 Å². The molecule has 2 rings (SSSR count). The third-order valence-corrected chi connectivity index (χ3v) is 2.84. The van der Waals surface area contributed by atoms with Crippen molar-refractivity contribution in [1.29, 1.82) is 0 Å². The van der Waals surface area contributed by atoms with Gasteiger partial charge in [-0.25, -0.2) is 4.98 Å². The summed E-state index contributed by atoms with van der Waals surface area (Å²) in [7, 11) is 1.65. The highest BCUT2D eigenvalue weighted by Gasteiger charge is 2.01. The molecule has 0 radical (unpaired) electrons. The Kier molecular flexibility index (Phi) is 7.24. The van der Waals surface area contributed by atoms with Crippen molar-refractivity contribution >= 4 is 5.78 Å². The number of imidazole rings is 1. The third-order valence-electron chi connectivity index (χ3n) is 2.84. The van der Waals surface area contributed by atoms with Gasteiger partial charge in [0.05, 0.1) is 31.9 Å². The molecule has 2 aromatic rings.